The summed E-state index contributed by atoms with van der Waals surface area (Å²) in [6.07, 6.45) is 1.38. The highest BCUT2D eigenvalue weighted by Gasteiger charge is 2.37. The summed E-state index contributed by atoms with van der Waals surface area (Å²) in [6.45, 7) is 6.46. The van der Waals surface area contributed by atoms with Crippen LogP contribution in [0.5, 0.6) is 17.2 Å². The van der Waals surface area contributed by atoms with Crippen LogP contribution in [0.1, 0.15) is 31.9 Å². The van der Waals surface area contributed by atoms with Gasteiger partial charge in [0.25, 0.3) is 11.8 Å². The second-order valence-corrected chi connectivity index (χ2v) is 10.9. The maximum absolute atomic E-state index is 13.4. The van der Waals surface area contributed by atoms with Crippen molar-refractivity contribution in [2.75, 3.05) is 11.5 Å². The Morgan fingerprint density at radius 1 is 1.00 bits per heavy atom. The molecule has 0 atom stereocenters. The maximum Gasteiger partial charge on any atom is 0.335 e. The summed E-state index contributed by atoms with van der Waals surface area (Å²) in [7, 11) is 0. The largest absolute Gasteiger partial charge is 0.490 e. The number of hydrogen-bond donors (Lipinski definition) is 1. The Morgan fingerprint density at radius 3 is 2.33 bits per heavy atom. The van der Waals surface area contributed by atoms with Crippen molar-refractivity contribution in [2.45, 2.75) is 33.5 Å². The van der Waals surface area contributed by atoms with Crippen LogP contribution in [0, 0.1) is 3.57 Å². The number of barbiturate groups is 1. The number of anilines is 1. The first kappa shape index (κ1) is 28.6. The van der Waals surface area contributed by atoms with Gasteiger partial charge in [-0.1, -0.05) is 28.1 Å². The van der Waals surface area contributed by atoms with E-state index < -0.39 is 17.8 Å². The molecule has 0 bridgehead atoms. The number of halogens is 2. The van der Waals surface area contributed by atoms with Crippen LogP contribution in [0.4, 0.5) is 10.5 Å². The van der Waals surface area contributed by atoms with Crippen molar-refractivity contribution >= 4 is 68.1 Å². The van der Waals surface area contributed by atoms with Crippen LogP contribution in [0.2, 0.25) is 0 Å². The number of carbonyl (C=O) groups is 3. The van der Waals surface area contributed by atoms with Crippen molar-refractivity contribution < 1.29 is 28.6 Å². The highest BCUT2D eigenvalue weighted by Crippen LogP contribution is 2.36. The summed E-state index contributed by atoms with van der Waals surface area (Å²) >= 11 is 5.53. The second-order valence-electron chi connectivity index (χ2n) is 8.80. The lowest BCUT2D eigenvalue weighted by Gasteiger charge is -2.26. The number of amides is 4. The van der Waals surface area contributed by atoms with Crippen molar-refractivity contribution in [3.8, 4) is 17.2 Å². The lowest BCUT2D eigenvalue weighted by molar-refractivity contribution is -0.122. The number of imide groups is 2. The van der Waals surface area contributed by atoms with E-state index >= 15 is 0 Å². The van der Waals surface area contributed by atoms with Gasteiger partial charge in [0.15, 0.2) is 11.5 Å². The first-order valence-electron chi connectivity index (χ1n) is 12.2. The summed E-state index contributed by atoms with van der Waals surface area (Å²) in [5.41, 5.74) is 1.67. The van der Waals surface area contributed by atoms with Gasteiger partial charge in [0.2, 0.25) is 0 Å². The van der Waals surface area contributed by atoms with E-state index in [1.165, 1.54) is 6.08 Å². The Balaban J connectivity index is 1.57. The molecule has 10 heteroatoms. The van der Waals surface area contributed by atoms with Crippen molar-refractivity contribution in [3.05, 3.63) is 85.4 Å². The summed E-state index contributed by atoms with van der Waals surface area (Å²) in [6, 6.07) is 16.9. The molecule has 1 saturated heterocycles. The number of rotatable bonds is 9. The zero-order chi connectivity index (χ0) is 28.1. The molecule has 4 rings (SSSR count). The normalized spacial score (nSPS) is 14.6. The van der Waals surface area contributed by atoms with Gasteiger partial charge >= 0.3 is 6.03 Å². The minimum atomic E-state index is -0.823. The average Bonchev–Trinajstić information content (AvgIpc) is 2.89. The molecular weight excluding hydrogens is 679 g/mol. The van der Waals surface area contributed by atoms with Crippen LogP contribution in [-0.2, 0) is 16.2 Å². The molecule has 0 radical (unpaired) electrons. The fourth-order valence-electron chi connectivity index (χ4n) is 3.78. The number of benzene rings is 3. The Morgan fingerprint density at radius 2 is 1.69 bits per heavy atom. The van der Waals surface area contributed by atoms with Crippen LogP contribution in [-0.4, -0.2) is 30.6 Å². The Bertz CT molecular complexity index is 1420. The number of nitrogens with one attached hydrogen (secondary N) is 1. The Kier molecular flexibility index (Phi) is 9.28. The molecular formula is C29H26BrIN2O6. The molecule has 0 aromatic heterocycles. The number of nitrogens with zero attached hydrogens (tertiary/aromatic N) is 1. The van der Waals surface area contributed by atoms with Gasteiger partial charge in [-0.2, -0.15) is 0 Å². The molecule has 4 amide bonds. The van der Waals surface area contributed by atoms with Gasteiger partial charge in [0.1, 0.15) is 17.9 Å². The quantitative estimate of drug-likeness (QED) is 0.156. The van der Waals surface area contributed by atoms with Crippen molar-refractivity contribution in [1.29, 1.82) is 0 Å². The first-order chi connectivity index (χ1) is 18.7. The van der Waals surface area contributed by atoms with Crippen molar-refractivity contribution in [2.24, 2.45) is 0 Å². The zero-order valence-corrected chi connectivity index (χ0v) is 25.2. The molecule has 3 aromatic rings. The molecule has 8 nitrogen and oxygen atoms in total. The maximum atomic E-state index is 13.4. The molecule has 1 N–H and O–H groups in total. The highest BCUT2D eigenvalue weighted by atomic mass is 127. The minimum absolute atomic E-state index is 0.0650. The molecule has 0 spiro atoms. The van der Waals surface area contributed by atoms with Crippen molar-refractivity contribution in [3.63, 3.8) is 0 Å². The molecule has 1 aliphatic rings. The third-order valence-electron chi connectivity index (χ3n) is 5.51. The lowest BCUT2D eigenvalue weighted by atomic mass is 10.1. The molecule has 202 valence electrons. The van der Waals surface area contributed by atoms with Crippen LogP contribution >= 0.6 is 38.5 Å². The average molecular weight is 705 g/mol. The van der Waals surface area contributed by atoms with E-state index in [9.17, 15) is 14.4 Å². The van der Waals surface area contributed by atoms with E-state index in [-0.39, 0.29) is 11.7 Å². The smallest absolute Gasteiger partial charge is 0.335 e. The zero-order valence-electron chi connectivity index (χ0n) is 21.5. The van der Waals surface area contributed by atoms with E-state index in [2.05, 4.69) is 43.8 Å². The van der Waals surface area contributed by atoms with E-state index in [1.807, 2.05) is 45.0 Å². The topological polar surface area (TPSA) is 94.2 Å². The molecule has 0 aliphatic carbocycles. The SMILES string of the molecule is CCOc1cc(/C=C2\C(=O)NC(=O)N(c3ccc(OCc4ccc(Br)cc4)cc3)C2=O)cc(I)c1OC(C)C. The van der Waals surface area contributed by atoms with Gasteiger partial charge in [-0.25, -0.2) is 9.69 Å². The molecule has 0 saturated carbocycles. The predicted octanol–water partition coefficient (Wildman–Crippen LogP) is 6.49. The lowest BCUT2D eigenvalue weighted by Crippen LogP contribution is -2.54. The Hall–Kier alpha value is -3.38. The van der Waals surface area contributed by atoms with Crippen LogP contribution in [0.25, 0.3) is 6.08 Å². The third-order valence-corrected chi connectivity index (χ3v) is 6.84. The predicted molar refractivity (Wildman–Crippen MR) is 160 cm³/mol. The van der Waals surface area contributed by atoms with E-state index in [1.54, 1.807) is 36.4 Å². The fraction of sp³-hybridized carbons (Fsp3) is 0.207. The minimum Gasteiger partial charge on any atom is -0.490 e. The summed E-state index contributed by atoms with van der Waals surface area (Å²) in [5.74, 6) is 0.155. The van der Waals surface area contributed by atoms with Gasteiger partial charge in [-0.05, 0) is 109 Å². The van der Waals surface area contributed by atoms with Crippen LogP contribution in [0.15, 0.2) is 70.7 Å². The van der Waals surface area contributed by atoms with Gasteiger partial charge in [0, 0.05) is 4.47 Å². The number of ether oxygens (including phenoxy) is 3. The highest BCUT2D eigenvalue weighted by molar-refractivity contribution is 14.1. The number of carbonyl (C=O) groups excluding carboxylic acids is 3. The Labute approximate surface area is 248 Å². The molecule has 3 aromatic carbocycles. The summed E-state index contributed by atoms with van der Waals surface area (Å²) in [5, 5.41) is 2.25. The van der Waals surface area contributed by atoms with Gasteiger partial charge in [-0.3, -0.25) is 14.9 Å². The molecule has 1 aliphatic heterocycles. The summed E-state index contributed by atoms with van der Waals surface area (Å²) < 4.78 is 19.2. The first-order valence-corrected chi connectivity index (χ1v) is 14.0. The van der Waals surface area contributed by atoms with E-state index in [4.69, 9.17) is 14.2 Å². The fourth-order valence-corrected chi connectivity index (χ4v) is 4.80. The van der Waals surface area contributed by atoms with Crippen molar-refractivity contribution in [1.82, 2.24) is 5.32 Å². The molecule has 1 heterocycles. The van der Waals surface area contributed by atoms with Gasteiger partial charge in [-0.15, -0.1) is 0 Å². The summed E-state index contributed by atoms with van der Waals surface area (Å²) in [4.78, 5) is 39.6. The third kappa shape index (κ3) is 6.99. The molecule has 0 unspecified atom stereocenters. The van der Waals surface area contributed by atoms with Gasteiger partial charge < -0.3 is 14.2 Å². The number of urea groups is 1. The van der Waals surface area contributed by atoms with E-state index in [0.29, 0.717) is 41.7 Å². The molecule has 1 fully saturated rings. The van der Waals surface area contributed by atoms with Gasteiger partial charge in [0.05, 0.1) is 22.0 Å². The van der Waals surface area contributed by atoms with Crippen LogP contribution in [0.3, 0.4) is 0 Å². The standard InChI is InChI=1S/C29H26BrIN2O6/c1-4-37-25-15-19(14-24(31)26(25)39-17(2)3)13-23-27(34)32-29(36)33(28(23)35)21-9-11-22(12-10-21)38-16-18-5-7-20(30)8-6-18/h5-15,17H,4,16H2,1-3H3,(H,32,34,36)/b23-13+. The number of hydrogen-bond acceptors (Lipinski definition) is 6. The monoisotopic (exact) mass is 704 g/mol. The van der Waals surface area contributed by atoms with Crippen LogP contribution < -0.4 is 24.4 Å². The molecule has 39 heavy (non-hydrogen) atoms. The second kappa shape index (κ2) is 12.6. The van der Waals surface area contributed by atoms with E-state index in [0.717, 1.165) is 18.5 Å².